The van der Waals surface area contributed by atoms with E-state index in [4.69, 9.17) is 0 Å². The summed E-state index contributed by atoms with van der Waals surface area (Å²) in [5.41, 5.74) is 2.69. The molecule has 0 bridgehead atoms. The van der Waals surface area contributed by atoms with Crippen molar-refractivity contribution in [2.45, 2.75) is 13.3 Å². The number of rotatable bonds is 1. The molecule has 1 aliphatic rings. The Balaban J connectivity index is 2.52. The van der Waals surface area contributed by atoms with Gasteiger partial charge in [-0.15, -0.1) is 0 Å². The van der Waals surface area contributed by atoms with E-state index in [1.807, 2.05) is 33.2 Å². The molecule has 0 atom stereocenters. The fourth-order valence-corrected chi connectivity index (χ4v) is 2.00. The summed E-state index contributed by atoms with van der Waals surface area (Å²) in [6, 6.07) is 5.47. The van der Waals surface area contributed by atoms with Gasteiger partial charge >= 0.3 is 0 Å². The number of ketones is 1. The minimum absolute atomic E-state index is 0.0861. The molecule has 0 radical (unpaired) electrons. The zero-order valence-corrected chi connectivity index (χ0v) is 10.8. The van der Waals surface area contributed by atoms with Crippen LogP contribution >= 0.6 is 0 Å². The Morgan fingerprint density at radius 2 is 2.00 bits per heavy atom. The number of carbonyl (C=O) groups is 2. The Morgan fingerprint density at radius 3 is 2.67 bits per heavy atom. The van der Waals surface area contributed by atoms with E-state index < -0.39 is 0 Å². The highest BCUT2D eigenvalue weighted by atomic mass is 16.2. The normalized spacial score (nSPS) is 17.2. The molecule has 0 aliphatic carbocycles. The van der Waals surface area contributed by atoms with Gasteiger partial charge in [-0.1, -0.05) is 6.07 Å². The number of hydrogen-bond donors (Lipinski definition) is 1. The van der Waals surface area contributed by atoms with Crippen LogP contribution in [0.3, 0.4) is 0 Å². The Morgan fingerprint density at radius 1 is 1.28 bits per heavy atom. The maximum Gasteiger partial charge on any atom is 0.229 e. The smallest absolute Gasteiger partial charge is 0.229 e. The first-order chi connectivity index (χ1) is 8.47. The second-order valence-electron chi connectivity index (χ2n) is 4.72. The third-order valence-corrected chi connectivity index (χ3v) is 2.75. The van der Waals surface area contributed by atoms with Gasteiger partial charge in [0.15, 0.2) is 5.78 Å². The molecule has 2 rings (SSSR count). The van der Waals surface area contributed by atoms with Crippen LogP contribution in [0.5, 0.6) is 0 Å². The molecule has 1 aromatic carbocycles. The number of Topliss-reactive ketones (excluding diaryl/α,β-unsaturated/α-hetero) is 1. The topological polar surface area (TPSA) is 49.4 Å². The number of aryl methyl sites for hydroxylation is 1. The van der Waals surface area contributed by atoms with Crippen LogP contribution in [0.1, 0.15) is 22.3 Å². The quantitative estimate of drug-likeness (QED) is 0.768. The number of nitrogens with zero attached hydrogens (tertiary/aromatic N) is 1. The fourth-order valence-electron chi connectivity index (χ4n) is 2.00. The van der Waals surface area contributed by atoms with Crippen LogP contribution in [0.25, 0.3) is 0 Å². The van der Waals surface area contributed by atoms with Crippen molar-refractivity contribution >= 4 is 17.4 Å². The van der Waals surface area contributed by atoms with Crippen molar-refractivity contribution < 1.29 is 9.59 Å². The van der Waals surface area contributed by atoms with E-state index in [2.05, 4.69) is 5.32 Å². The third-order valence-electron chi connectivity index (χ3n) is 2.75. The van der Waals surface area contributed by atoms with E-state index in [0.29, 0.717) is 16.8 Å². The fraction of sp³-hybridized carbons (Fsp3) is 0.286. The van der Waals surface area contributed by atoms with Crippen LogP contribution in [0, 0.1) is 6.92 Å². The van der Waals surface area contributed by atoms with Crippen LogP contribution in [-0.4, -0.2) is 30.7 Å². The van der Waals surface area contributed by atoms with Crippen molar-refractivity contribution in [3.05, 3.63) is 41.1 Å². The predicted octanol–water partition coefficient (Wildman–Crippen LogP) is 1.97. The predicted molar refractivity (Wildman–Crippen MR) is 70.5 cm³/mol. The summed E-state index contributed by atoms with van der Waals surface area (Å²) >= 11 is 0. The Labute approximate surface area is 106 Å². The SMILES string of the molecule is Cc1ccc2c(c1)NC(=O)C/C(=C\N(C)C)C2=O. The van der Waals surface area contributed by atoms with Crippen LogP contribution in [-0.2, 0) is 4.79 Å². The molecule has 94 valence electrons. The van der Waals surface area contributed by atoms with Crippen molar-refractivity contribution in [2.24, 2.45) is 0 Å². The highest BCUT2D eigenvalue weighted by molar-refractivity contribution is 6.18. The number of carbonyl (C=O) groups excluding carboxylic acids is 2. The second kappa shape index (κ2) is 4.64. The van der Waals surface area contributed by atoms with Crippen LogP contribution < -0.4 is 5.32 Å². The average molecular weight is 244 g/mol. The molecular formula is C14H16N2O2. The lowest BCUT2D eigenvalue weighted by Crippen LogP contribution is -2.12. The summed E-state index contributed by atoms with van der Waals surface area (Å²) in [6.45, 7) is 1.93. The lowest BCUT2D eigenvalue weighted by Gasteiger charge is -2.09. The van der Waals surface area contributed by atoms with Crippen molar-refractivity contribution in [3.8, 4) is 0 Å². The molecule has 0 unspecified atom stereocenters. The van der Waals surface area contributed by atoms with Gasteiger partial charge in [-0.25, -0.2) is 0 Å². The summed E-state index contributed by atoms with van der Waals surface area (Å²) in [5.74, 6) is -0.238. The van der Waals surface area contributed by atoms with Gasteiger partial charge in [0.05, 0.1) is 12.1 Å². The third kappa shape index (κ3) is 2.42. The van der Waals surface area contributed by atoms with Crippen molar-refractivity contribution in [1.82, 2.24) is 4.90 Å². The number of nitrogens with one attached hydrogen (secondary N) is 1. The maximum absolute atomic E-state index is 12.3. The van der Waals surface area contributed by atoms with E-state index in [-0.39, 0.29) is 18.1 Å². The van der Waals surface area contributed by atoms with E-state index in [1.165, 1.54) is 0 Å². The highest BCUT2D eigenvalue weighted by Gasteiger charge is 2.24. The molecule has 0 saturated heterocycles. The molecule has 0 saturated carbocycles. The average Bonchev–Trinajstić information content (AvgIpc) is 2.36. The van der Waals surface area contributed by atoms with Crippen LogP contribution in [0.15, 0.2) is 30.0 Å². The molecule has 18 heavy (non-hydrogen) atoms. The molecule has 1 amide bonds. The summed E-state index contributed by atoms with van der Waals surface area (Å²) in [6.07, 6.45) is 1.82. The van der Waals surface area contributed by atoms with E-state index in [9.17, 15) is 9.59 Å². The van der Waals surface area contributed by atoms with Crippen LogP contribution in [0.2, 0.25) is 0 Å². The first-order valence-electron chi connectivity index (χ1n) is 5.79. The largest absolute Gasteiger partial charge is 0.383 e. The minimum atomic E-state index is -0.152. The van der Waals surface area contributed by atoms with Gasteiger partial charge in [0.25, 0.3) is 0 Å². The Kier molecular flexibility index (Phi) is 3.19. The van der Waals surface area contributed by atoms with Gasteiger partial charge in [0.1, 0.15) is 0 Å². The molecule has 1 aliphatic heterocycles. The van der Waals surface area contributed by atoms with Gasteiger partial charge in [-0.2, -0.15) is 0 Å². The summed E-state index contributed by atoms with van der Waals surface area (Å²) in [5, 5.41) is 2.78. The molecule has 4 nitrogen and oxygen atoms in total. The molecule has 1 heterocycles. The Bertz CT molecular complexity index is 545. The molecular weight excluding hydrogens is 228 g/mol. The van der Waals surface area contributed by atoms with Gasteiger partial charge in [0.2, 0.25) is 5.91 Å². The molecule has 0 aromatic heterocycles. The molecule has 4 heteroatoms. The molecule has 0 fully saturated rings. The molecule has 1 N–H and O–H groups in total. The van der Waals surface area contributed by atoms with Crippen molar-refractivity contribution in [3.63, 3.8) is 0 Å². The molecule has 0 spiro atoms. The minimum Gasteiger partial charge on any atom is -0.383 e. The Hall–Kier alpha value is -2.10. The number of amides is 1. The monoisotopic (exact) mass is 244 g/mol. The first kappa shape index (κ1) is 12.4. The summed E-state index contributed by atoms with van der Waals surface area (Å²) in [4.78, 5) is 25.9. The van der Waals surface area contributed by atoms with Gasteiger partial charge < -0.3 is 10.2 Å². The lowest BCUT2D eigenvalue weighted by molar-refractivity contribution is -0.115. The highest BCUT2D eigenvalue weighted by Crippen LogP contribution is 2.26. The van der Waals surface area contributed by atoms with E-state index in [1.54, 1.807) is 17.2 Å². The lowest BCUT2D eigenvalue weighted by atomic mass is 10.0. The van der Waals surface area contributed by atoms with E-state index in [0.717, 1.165) is 5.56 Å². The standard InChI is InChI=1S/C14H16N2O2/c1-9-4-5-11-12(6-9)15-13(17)7-10(14(11)18)8-16(2)3/h4-6,8H,7H2,1-3H3,(H,15,17)/b10-8+. The zero-order valence-electron chi connectivity index (χ0n) is 10.8. The number of benzene rings is 1. The number of fused-ring (bicyclic) bond motifs is 1. The van der Waals surface area contributed by atoms with Crippen molar-refractivity contribution in [1.29, 1.82) is 0 Å². The van der Waals surface area contributed by atoms with Gasteiger partial charge in [-0.05, 0) is 24.6 Å². The van der Waals surface area contributed by atoms with Gasteiger partial charge in [0, 0.05) is 31.4 Å². The van der Waals surface area contributed by atoms with Crippen molar-refractivity contribution in [2.75, 3.05) is 19.4 Å². The first-order valence-corrected chi connectivity index (χ1v) is 5.79. The maximum atomic E-state index is 12.3. The number of hydrogen-bond acceptors (Lipinski definition) is 3. The zero-order chi connectivity index (χ0) is 13.3. The summed E-state index contributed by atoms with van der Waals surface area (Å²) in [7, 11) is 3.66. The van der Waals surface area contributed by atoms with E-state index >= 15 is 0 Å². The van der Waals surface area contributed by atoms with Crippen LogP contribution in [0.4, 0.5) is 5.69 Å². The summed E-state index contributed by atoms with van der Waals surface area (Å²) < 4.78 is 0. The van der Waals surface area contributed by atoms with Gasteiger partial charge in [-0.3, -0.25) is 9.59 Å². The number of anilines is 1. The molecule has 1 aromatic rings. The second-order valence-corrected chi connectivity index (χ2v) is 4.72.